The van der Waals surface area contributed by atoms with Crippen LogP contribution in [0.2, 0.25) is 0 Å². The van der Waals surface area contributed by atoms with Crippen molar-refractivity contribution in [1.29, 1.82) is 0 Å². The first-order valence-electron chi connectivity index (χ1n) is 6.09. The van der Waals surface area contributed by atoms with Gasteiger partial charge in [0.15, 0.2) is 11.5 Å². The minimum absolute atomic E-state index is 0.420. The number of rotatable bonds is 5. The van der Waals surface area contributed by atoms with Gasteiger partial charge in [-0.05, 0) is 31.3 Å². The van der Waals surface area contributed by atoms with Crippen LogP contribution in [0.4, 0.5) is 0 Å². The van der Waals surface area contributed by atoms with Crippen LogP contribution in [0.3, 0.4) is 0 Å². The Balaban J connectivity index is 2.47. The van der Waals surface area contributed by atoms with Crippen molar-refractivity contribution in [3.8, 4) is 17.2 Å². The van der Waals surface area contributed by atoms with Crippen LogP contribution in [0, 0.1) is 11.7 Å². The number of aryl methyl sites for hydroxylation is 1. The number of hydrogen-bond acceptors (Lipinski definition) is 6. The third kappa shape index (κ3) is 2.89. The fraction of sp³-hybridized carbons (Fsp3) is 0.308. The van der Waals surface area contributed by atoms with Gasteiger partial charge in [0.05, 0.1) is 27.5 Å². The van der Waals surface area contributed by atoms with E-state index < -0.39 is 0 Å². The smallest absolute Gasteiger partial charge is 0.216 e. The van der Waals surface area contributed by atoms with Gasteiger partial charge >= 0.3 is 0 Å². The molecule has 0 saturated heterocycles. The summed E-state index contributed by atoms with van der Waals surface area (Å²) in [5, 5.41) is 10.9. The van der Waals surface area contributed by atoms with Crippen molar-refractivity contribution in [2.24, 2.45) is 5.10 Å². The number of H-pyrrole nitrogens is 1. The Labute approximate surface area is 127 Å². The first kappa shape index (κ1) is 15.0. The fourth-order valence-electron chi connectivity index (χ4n) is 1.85. The van der Waals surface area contributed by atoms with E-state index in [0.717, 1.165) is 5.56 Å². The number of methoxy groups -OCH3 is 3. The number of benzene rings is 1. The Morgan fingerprint density at radius 1 is 1.19 bits per heavy atom. The van der Waals surface area contributed by atoms with Gasteiger partial charge in [0, 0.05) is 5.56 Å². The van der Waals surface area contributed by atoms with Crippen molar-refractivity contribution in [3.63, 3.8) is 0 Å². The SMILES string of the molecule is COc1ccc(/C=N\n2c(C)n[nH]c2=S)c(OC)c1OC. The van der Waals surface area contributed by atoms with E-state index in [2.05, 4.69) is 15.3 Å². The van der Waals surface area contributed by atoms with E-state index in [1.165, 1.54) is 4.68 Å². The van der Waals surface area contributed by atoms with Crippen molar-refractivity contribution >= 4 is 18.4 Å². The molecule has 1 heterocycles. The van der Waals surface area contributed by atoms with Crippen LogP contribution < -0.4 is 14.2 Å². The summed E-state index contributed by atoms with van der Waals surface area (Å²) in [6.45, 7) is 1.80. The largest absolute Gasteiger partial charge is 0.493 e. The molecule has 2 rings (SSSR count). The molecule has 0 spiro atoms. The molecule has 0 aliphatic carbocycles. The molecule has 0 aliphatic heterocycles. The molecule has 0 radical (unpaired) electrons. The van der Waals surface area contributed by atoms with Crippen LogP contribution in [-0.4, -0.2) is 42.4 Å². The summed E-state index contributed by atoms with van der Waals surface area (Å²) in [7, 11) is 4.68. The van der Waals surface area contributed by atoms with Crippen LogP contribution >= 0.6 is 12.2 Å². The summed E-state index contributed by atoms with van der Waals surface area (Å²) in [4.78, 5) is 0. The zero-order valence-corrected chi connectivity index (χ0v) is 13.0. The molecular weight excluding hydrogens is 292 g/mol. The van der Waals surface area contributed by atoms with Crippen molar-refractivity contribution in [1.82, 2.24) is 14.9 Å². The highest BCUT2D eigenvalue weighted by atomic mass is 32.1. The maximum atomic E-state index is 5.39. The van der Waals surface area contributed by atoms with Gasteiger partial charge < -0.3 is 14.2 Å². The molecule has 0 aliphatic rings. The molecule has 8 heteroatoms. The first-order valence-corrected chi connectivity index (χ1v) is 6.50. The number of aromatic nitrogens is 3. The lowest BCUT2D eigenvalue weighted by Gasteiger charge is -2.13. The minimum atomic E-state index is 0.420. The van der Waals surface area contributed by atoms with Crippen LogP contribution in [-0.2, 0) is 0 Å². The molecule has 0 fully saturated rings. The van der Waals surface area contributed by atoms with Gasteiger partial charge in [-0.25, -0.2) is 0 Å². The standard InChI is InChI=1S/C13H16N4O3S/c1-8-15-16-13(21)17(8)14-7-9-5-6-10(18-2)12(20-4)11(9)19-3/h5-7H,1-4H3,(H,16,21)/b14-7-. The maximum Gasteiger partial charge on any atom is 0.216 e. The van der Waals surface area contributed by atoms with Gasteiger partial charge in [-0.2, -0.15) is 14.9 Å². The minimum Gasteiger partial charge on any atom is -0.493 e. The van der Waals surface area contributed by atoms with Crippen molar-refractivity contribution in [2.45, 2.75) is 6.92 Å². The predicted molar refractivity (Wildman–Crippen MR) is 81.2 cm³/mol. The Morgan fingerprint density at radius 3 is 2.43 bits per heavy atom. The highest BCUT2D eigenvalue weighted by Crippen LogP contribution is 2.38. The van der Waals surface area contributed by atoms with Gasteiger partial charge in [0.1, 0.15) is 5.82 Å². The van der Waals surface area contributed by atoms with Gasteiger partial charge in [-0.1, -0.05) is 0 Å². The Kier molecular flexibility index (Phi) is 4.59. The highest BCUT2D eigenvalue weighted by molar-refractivity contribution is 7.71. The van der Waals surface area contributed by atoms with Gasteiger partial charge in [-0.3, -0.25) is 5.10 Å². The molecular formula is C13H16N4O3S. The zero-order chi connectivity index (χ0) is 15.4. The molecule has 0 atom stereocenters. The molecule has 1 aromatic carbocycles. The molecule has 0 amide bonds. The molecule has 1 aromatic heterocycles. The molecule has 7 nitrogen and oxygen atoms in total. The monoisotopic (exact) mass is 308 g/mol. The molecule has 21 heavy (non-hydrogen) atoms. The summed E-state index contributed by atoms with van der Waals surface area (Å²) in [6.07, 6.45) is 1.62. The average Bonchev–Trinajstić information content (AvgIpc) is 2.82. The quantitative estimate of drug-likeness (QED) is 0.677. The van der Waals surface area contributed by atoms with E-state index in [1.807, 2.05) is 6.07 Å². The van der Waals surface area contributed by atoms with E-state index in [-0.39, 0.29) is 0 Å². The topological polar surface area (TPSA) is 73.7 Å². The number of nitrogens with zero attached hydrogens (tertiary/aromatic N) is 3. The van der Waals surface area contributed by atoms with Crippen molar-refractivity contribution in [3.05, 3.63) is 28.3 Å². The number of aromatic amines is 1. The summed E-state index contributed by atoms with van der Waals surface area (Å²) >= 11 is 5.09. The molecule has 1 N–H and O–H groups in total. The number of hydrogen-bond donors (Lipinski definition) is 1. The Hall–Kier alpha value is -2.35. The van der Waals surface area contributed by atoms with Crippen LogP contribution in [0.1, 0.15) is 11.4 Å². The lowest BCUT2D eigenvalue weighted by molar-refractivity contribution is 0.324. The highest BCUT2D eigenvalue weighted by Gasteiger charge is 2.14. The lowest BCUT2D eigenvalue weighted by Crippen LogP contribution is -2.00. The fourth-order valence-corrected chi connectivity index (χ4v) is 2.08. The molecule has 112 valence electrons. The molecule has 2 aromatic rings. The lowest BCUT2D eigenvalue weighted by atomic mass is 10.2. The molecule has 0 unspecified atom stereocenters. The third-order valence-corrected chi connectivity index (χ3v) is 3.12. The number of nitrogens with one attached hydrogen (secondary N) is 1. The number of ether oxygens (including phenoxy) is 3. The second kappa shape index (κ2) is 6.40. The second-order valence-corrected chi connectivity index (χ2v) is 4.44. The predicted octanol–water partition coefficient (Wildman–Crippen LogP) is 2.16. The average molecular weight is 308 g/mol. The summed E-state index contributed by atoms with van der Waals surface area (Å²) in [6, 6.07) is 3.60. The molecule has 0 bridgehead atoms. The van der Waals surface area contributed by atoms with Crippen LogP contribution in [0.5, 0.6) is 17.2 Å². The summed E-state index contributed by atoms with van der Waals surface area (Å²) in [5.41, 5.74) is 0.734. The van der Waals surface area contributed by atoms with E-state index >= 15 is 0 Å². The van der Waals surface area contributed by atoms with Crippen LogP contribution in [0.25, 0.3) is 0 Å². The zero-order valence-electron chi connectivity index (χ0n) is 12.2. The third-order valence-electron chi connectivity index (χ3n) is 2.86. The van der Waals surface area contributed by atoms with E-state index in [1.54, 1.807) is 40.5 Å². The van der Waals surface area contributed by atoms with Gasteiger partial charge in [0.2, 0.25) is 10.5 Å². The second-order valence-electron chi connectivity index (χ2n) is 4.06. The maximum absolute atomic E-state index is 5.39. The Bertz CT molecular complexity index is 721. The van der Waals surface area contributed by atoms with E-state index in [9.17, 15) is 0 Å². The normalized spacial score (nSPS) is 10.9. The first-order chi connectivity index (χ1) is 10.1. The van der Waals surface area contributed by atoms with Gasteiger partial charge in [-0.15, -0.1) is 0 Å². The summed E-state index contributed by atoms with van der Waals surface area (Å²) in [5.74, 6) is 2.29. The Morgan fingerprint density at radius 2 is 1.90 bits per heavy atom. The molecule has 0 saturated carbocycles. The van der Waals surface area contributed by atoms with E-state index in [4.69, 9.17) is 26.4 Å². The summed E-state index contributed by atoms with van der Waals surface area (Å²) < 4.78 is 17.9. The van der Waals surface area contributed by atoms with E-state index in [0.29, 0.717) is 27.8 Å². The van der Waals surface area contributed by atoms with Crippen molar-refractivity contribution in [2.75, 3.05) is 21.3 Å². The van der Waals surface area contributed by atoms with Crippen LogP contribution in [0.15, 0.2) is 17.2 Å². The van der Waals surface area contributed by atoms with Gasteiger partial charge in [0.25, 0.3) is 0 Å². The van der Waals surface area contributed by atoms with Crippen molar-refractivity contribution < 1.29 is 14.2 Å².